The van der Waals surface area contributed by atoms with E-state index in [1.54, 1.807) is 41.5 Å². The van der Waals surface area contributed by atoms with Crippen LogP contribution in [0.1, 0.15) is 23.1 Å². The summed E-state index contributed by atoms with van der Waals surface area (Å²) >= 11 is 0. The fraction of sp³-hybridized carbons (Fsp3) is 0.188. The summed E-state index contributed by atoms with van der Waals surface area (Å²) in [7, 11) is 0. The molecule has 0 saturated heterocycles. The Labute approximate surface area is 138 Å². The van der Waals surface area contributed by atoms with E-state index in [-0.39, 0.29) is 5.91 Å². The topological polar surface area (TPSA) is 94.8 Å². The van der Waals surface area contributed by atoms with Gasteiger partial charge in [0.1, 0.15) is 5.82 Å². The van der Waals surface area contributed by atoms with Crippen molar-refractivity contribution < 1.29 is 9.53 Å². The van der Waals surface area contributed by atoms with Gasteiger partial charge in [0.15, 0.2) is 0 Å². The van der Waals surface area contributed by atoms with E-state index in [1.165, 1.54) is 6.20 Å². The first kappa shape index (κ1) is 15.6. The monoisotopic (exact) mass is 324 g/mol. The minimum absolute atomic E-state index is 0.291. The maximum absolute atomic E-state index is 12.2. The molecular formula is C16H16N6O2. The third-order valence-electron chi connectivity index (χ3n) is 3.23. The van der Waals surface area contributed by atoms with Crippen LogP contribution in [0.3, 0.4) is 0 Å². The second kappa shape index (κ2) is 6.86. The smallest absolute Gasteiger partial charge is 0.257 e. The molecule has 0 aliphatic rings. The van der Waals surface area contributed by atoms with Crippen LogP contribution >= 0.6 is 0 Å². The maximum atomic E-state index is 12.2. The minimum Gasteiger partial charge on any atom is -0.478 e. The van der Waals surface area contributed by atoms with Gasteiger partial charge in [-0.25, -0.2) is 19.9 Å². The molecule has 0 saturated carbocycles. The summed E-state index contributed by atoms with van der Waals surface area (Å²) in [6.45, 7) is 4.26. The standard InChI is InChI=1S/C16H16N6O2/c1-3-24-14-5-4-12(8-18-14)15(23)21-13-9-19-16(20-10-13)22-7-6-17-11(22)2/h4-10H,3H2,1-2H3,(H,21,23). The number of amides is 1. The predicted octanol–water partition coefficient (Wildman–Crippen LogP) is 2.02. The first-order chi connectivity index (χ1) is 11.7. The Kier molecular flexibility index (Phi) is 4.46. The maximum Gasteiger partial charge on any atom is 0.257 e. The van der Waals surface area contributed by atoms with Crippen molar-refractivity contribution in [3.8, 4) is 11.8 Å². The third-order valence-corrected chi connectivity index (χ3v) is 3.23. The van der Waals surface area contributed by atoms with Gasteiger partial charge in [-0.15, -0.1) is 0 Å². The highest BCUT2D eigenvalue weighted by molar-refractivity contribution is 6.03. The lowest BCUT2D eigenvalue weighted by Crippen LogP contribution is -2.13. The summed E-state index contributed by atoms with van der Waals surface area (Å²) in [5.41, 5.74) is 0.920. The number of aromatic nitrogens is 5. The van der Waals surface area contributed by atoms with Gasteiger partial charge in [0, 0.05) is 24.7 Å². The van der Waals surface area contributed by atoms with Crippen molar-refractivity contribution in [3.05, 3.63) is 54.5 Å². The van der Waals surface area contributed by atoms with E-state index in [1.807, 2.05) is 13.8 Å². The summed E-state index contributed by atoms with van der Waals surface area (Å²) < 4.78 is 7.00. The molecule has 0 bridgehead atoms. The zero-order chi connectivity index (χ0) is 16.9. The van der Waals surface area contributed by atoms with Crippen molar-refractivity contribution in [2.75, 3.05) is 11.9 Å². The Balaban J connectivity index is 1.69. The highest BCUT2D eigenvalue weighted by Crippen LogP contribution is 2.11. The molecule has 0 fully saturated rings. The second-order valence-corrected chi connectivity index (χ2v) is 4.89. The van der Waals surface area contributed by atoms with Crippen LogP contribution in [0.2, 0.25) is 0 Å². The lowest BCUT2D eigenvalue weighted by molar-refractivity contribution is 0.102. The van der Waals surface area contributed by atoms with E-state index in [0.717, 1.165) is 5.82 Å². The quantitative estimate of drug-likeness (QED) is 0.771. The molecule has 3 heterocycles. The molecule has 3 aromatic rings. The summed E-state index contributed by atoms with van der Waals surface area (Å²) in [4.78, 5) is 28.8. The van der Waals surface area contributed by atoms with E-state index in [9.17, 15) is 4.79 Å². The van der Waals surface area contributed by atoms with Crippen LogP contribution in [0.25, 0.3) is 5.95 Å². The molecule has 1 N–H and O–H groups in total. The van der Waals surface area contributed by atoms with Crippen LogP contribution in [0, 0.1) is 6.92 Å². The van der Waals surface area contributed by atoms with Crippen LogP contribution in [-0.4, -0.2) is 37.0 Å². The van der Waals surface area contributed by atoms with E-state index >= 15 is 0 Å². The second-order valence-electron chi connectivity index (χ2n) is 4.89. The molecule has 3 rings (SSSR count). The molecule has 0 aliphatic carbocycles. The first-order valence-electron chi connectivity index (χ1n) is 7.40. The SMILES string of the molecule is CCOc1ccc(C(=O)Nc2cnc(-n3ccnc3C)nc2)cn1. The van der Waals surface area contributed by atoms with Crippen molar-refractivity contribution in [2.45, 2.75) is 13.8 Å². The Hall–Kier alpha value is -3.29. The molecule has 1 amide bonds. The van der Waals surface area contributed by atoms with E-state index in [2.05, 4.69) is 25.3 Å². The largest absolute Gasteiger partial charge is 0.478 e. The number of nitrogens with one attached hydrogen (secondary N) is 1. The molecule has 0 radical (unpaired) electrons. The summed E-state index contributed by atoms with van der Waals surface area (Å²) in [5.74, 6) is 1.47. The van der Waals surface area contributed by atoms with Crippen molar-refractivity contribution >= 4 is 11.6 Å². The highest BCUT2D eigenvalue weighted by atomic mass is 16.5. The van der Waals surface area contributed by atoms with Gasteiger partial charge in [0.05, 0.1) is 30.3 Å². The normalized spacial score (nSPS) is 10.4. The number of nitrogens with zero attached hydrogens (tertiary/aromatic N) is 5. The Morgan fingerprint density at radius 1 is 1.17 bits per heavy atom. The zero-order valence-electron chi connectivity index (χ0n) is 13.3. The molecule has 8 nitrogen and oxygen atoms in total. The fourth-order valence-corrected chi connectivity index (χ4v) is 2.05. The Bertz CT molecular complexity index is 827. The average molecular weight is 324 g/mol. The molecule has 0 aromatic carbocycles. The van der Waals surface area contributed by atoms with Gasteiger partial charge in [-0.1, -0.05) is 0 Å². The number of imidazole rings is 1. The summed E-state index contributed by atoms with van der Waals surface area (Å²) in [6, 6.07) is 3.30. The number of hydrogen-bond donors (Lipinski definition) is 1. The van der Waals surface area contributed by atoms with Crippen molar-refractivity contribution in [2.24, 2.45) is 0 Å². The van der Waals surface area contributed by atoms with Gasteiger partial charge >= 0.3 is 0 Å². The molecule has 0 unspecified atom stereocenters. The van der Waals surface area contributed by atoms with Crippen LogP contribution in [0.15, 0.2) is 43.1 Å². The van der Waals surface area contributed by atoms with Gasteiger partial charge in [0.2, 0.25) is 11.8 Å². The number of carbonyl (C=O) groups is 1. The predicted molar refractivity (Wildman–Crippen MR) is 87.3 cm³/mol. The molecule has 0 atom stereocenters. The van der Waals surface area contributed by atoms with Crippen molar-refractivity contribution in [1.82, 2.24) is 24.5 Å². The number of ether oxygens (including phenoxy) is 1. The highest BCUT2D eigenvalue weighted by Gasteiger charge is 2.09. The lowest BCUT2D eigenvalue weighted by Gasteiger charge is -2.07. The number of aryl methyl sites for hydroxylation is 1. The van der Waals surface area contributed by atoms with Gasteiger partial charge in [0.25, 0.3) is 5.91 Å². The summed E-state index contributed by atoms with van der Waals surface area (Å²) in [6.07, 6.45) is 8.00. The van der Waals surface area contributed by atoms with Crippen molar-refractivity contribution in [1.29, 1.82) is 0 Å². The third kappa shape index (κ3) is 3.37. The van der Waals surface area contributed by atoms with E-state index < -0.39 is 0 Å². The van der Waals surface area contributed by atoms with Gasteiger partial charge in [-0.3, -0.25) is 9.36 Å². The zero-order valence-corrected chi connectivity index (χ0v) is 13.3. The average Bonchev–Trinajstić information content (AvgIpc) is 3.02. The van der Waals surface area contributed by atoms with Crippen LogP contribution in [0.5, 0.6) is 5.88 Å². The van der Waals surface area contributed by atoms with E-state index in [0.29, 0.717) is 29.7 Å². The summed E-state index contributed by atoms with van der Waals surface area (Å²) in [5, 5.41) is 2.73. The molecule has 0 aliphatic heterocycles. The molecular weight excluding hydrogens is 308 g/mol. The number of rotatable bonds is 5. The van der Waals surface area contributed by atoms with Gasteiger partial charge in [-0.2, -0.15) is 0 Å². The molecule has 8 heteroatoms. The lowest BCUT2D eigenvalue weighted by atomic mass is 10.2. The minimum atomic E-state index is -0.291. The van der Waals surface area contributed by atoms with Gasteiger partial charge in [-0.05, 0) is 19.9 Å². The van der Waals surface area contributed by atoms with Crippen LogP contribution in [0.4, 0.5) is 5.69 Å². The molecule has 122 valence electrons. The first-order valence-corrected chi connectivity index (χ1v) is 7.40. The molecule has 3 aromatic heterocycles. The van der Waals surface area contributed by atoms with Crippen LogP contribution < -0.4 is 10.1 Å². The van der Waals surface area contributed by atoms with Gasteiger partial charge < -0.3 is 10.1 Å². The Morgan fingerprint density at radius 2 is 1.96 bits per heavy atom. The number of hydrogen-bond acceptors (Lipinski definition) is 6. The number of anilines is 1. The van der Waals surface area contributed by atoms with Crippen molar-refractivity contribution in [3.63, 3.8) is 0 Å². The van der Waals surface area contributed by atoms with Crippen LogP contribution in [-0.2, 0) is 0 Å². The number of pyridine rings is 1. The number of carbonyl (C=O) groups excluding carboxylic acids is 1. The Morgan fingerprint density at radius 3 is 2.54 bits per heavy atom. The molecule has 0 spiro atoms. The van der Waals surface area contributed by atoms with E-state index in [4.69, 9.17) is 4.74 Å². The molecule has 24 heavy (non-hydrogen) atoms. The fourth-order valence-electron chi connectivity index (χ4n) is 2.05.